The number of rotatable bonds is 4. The zero-order chi connectivity index (χ0) is 13.2. The normalized spacial score (nSPS) is 19.2. The zero-order valence-electron chi connectivity index (χ0n) is 10.2. The first-order valence-electron chi connectivity index (χ1n) is 5.80. The van der Waals surface area contributed by atoms with Crippen LogP contribution in [0.1, 0.15) is 17.7 Å². The number of thiophene rings is 1. The molecule has 1 fully saturated rings. The topological polar surface area (TPSA) is 66.8 Å². The summed E-state index contributed by atoms with van der Waals surface area (Å²) >= 11 is 1.13. The SMILES string of the molecule is COC1CCN(S(=O)(=O)c2ccc(CO)s2)CC1. The summed E-state index contributed by atoms with van der Waals surface area (Å²) in [7, 11) is -1.74. The second kappa shape index (κ2) is 5.66. The third-order valence-electron chi connectivity index (χ3n) is 3.12. The predicted octanol–water partition coefficient (Wildman–Crippen LogP) is 1.04. The Morgan fingerprint density at radius 3 is 2.61 bits per heavy atom. The van der Waals surface area contributed by atoms with E-state index in [1.54, 1.807) is 19.2 Å². The molecule has 0 amide bonds. The molecule has 0 radical (unpaired) electrons. The maximum atomic E-state index is 12.3. The molecule has 2 rings (SSSR count). The second-order valence-electron chi connectivity index (χ2n) is 4.22. The minimum atomic E-state index is -3.40. The van der Waals surface area contributed by atoms with Crippen LogP contribution in [-0.2, 0) is 21.4 Å². The van der Waals surface area contributed by atoms with E-state index in [4.69, 9.17) is 9.84 Å². The highest BCUT2D eigenvalue weighted by molar-refractivity contribution is 7.91. The summed E-state index contributed by atoms with van der Waals surface area (Å²) < 4.78 is 31.7. The van der Waals surface area contributed by atoms with Crippen molar-refractivity contribution in [1.82, 2.24) is 4.31 Å². The van der Waals surface area contributed by atoms with Crippen molar-refractivity contribution in [3.63, 3.8) is 0 Å². The highest BCUT2D eigenvalue weighted by Gasteiger charge is 2.30. The van der Waals surface area contributed by atoms with Crippen molar-refractivity contribution in [3.8, 4) is 0 Å². The molecule has 0 unspecified atom stereocenters. The molecule has 1 saturated heterocycles. The summed E-state index contributed by atoms with van der Waals surface area (Å²) in [5, 5.41) is 8.98. The summed E-state index contributed by atoms with van der Waals surface area (Å²) in [5.41, 5.74) is 0. The lowest BCUT2D eigenvalue weighted by molar-refractivity contribution is 0.0605. The van der Waals surface area contributed by atoms with Gasteiger partial charge in [0.2, 0.25) is 0 Å². The highest BCUT2D eigenvalue weighted by Crippen LogP contribution is 2.27. The van der Waals surface area contributed by atoms with Gasteiger partial charge in [-0.25, -0.2) is 8.42 Å². The predicted molar refractivity (Wildman–Crippen MR) is 69.0 cm³/mol. The lowest BCUT2D eigenvalue weighted by atomic mass is 10.1. The molecular formula is C11H17NO4S2. The van der Waals surface area contributed by atoms with Crippen LogP contribution in [0.15, 0.2) is 16.3 Å². The van der Waals surface area contributed by atoms with Gasteiger partial charge in [-0.3, -0.25) is 0 Å². The Balaban J connectivity index is 2.12. The minimum Gasteiger partial charge on any atom is -0.391 e. The minimum absolute atomic E-state index is 0.119. The number of piperidine rings is 1. The van der Waals surface area contributed by atoms with E-state index in [9.17, 15) is 8.42 Å². The van der Waals surface area contributed by atoms with E-state index in [0.29, 0.717) is 22.2 Å². The van der Waals surface area contributed by atoms with Gasteiger partial charge in [0.1, 0.15) is 4.21 Å². The monoisotopic (exact) mass is 291 g/mol. The van der Waals surface area contributed by atoms with Crippen LogP contribution in [0, 0.1) is 0 Å². The molecule has 1 aromatic rings. The number of ether oxygens (including phenoxy) is 1. The Hall–Kier alpha value is -0.470. The highest BCUT2D eigenvalue weighted by atomic mass is 32.2. The smallest absolute Gasteiger partial charge is 0.252 e. The lowest BCUT2D eigenvalue weighted by Gasteiger charge is -2.29. The van der Waals surface area contributed by atoms with Gasteiger partial charge >= 0.3 is 0 Å². The number of sulfonamides is 1. The van der Waals surface area contributed by atoms with Crippen LogP contribution in [-0.4, -0.2) is 44.1 Å². The average Bonchev–Trinajstić information content (AvgIpc) is 2.88. The third kappa shape index (κ3) is 2.75. The number of methoxy groups -OCH3 is 1. The summed E-state index contributed by atoms with van der Waals surface area (Å²) in [4.78, 5) is 0.667. The van der Waals surface area contributed by atoms with Gasteiger partial charge in [0.25, 0.3) is 10.0 Å². The molecule has 1 N–H and O–H groups in total. The Bertz CT molecular complexity index is 489. The fraction of sp³-hybridized carbons (Fsp3) is 0.636. The van der Waals surface area contributed by atoms with Crippen LogP contribution in [0.3, 0.4) is 0 Å². The Morgan fingerprint density at radius 2 is 2.11 bits per heavy atom. The molecule has 7 heteroatoms. The Labute approximate surface area is 111 Å². The summed E-state index contributed by atoms with van der Waals surface area (Å²) in [5.74, 6) is 0. The van der Waals surface area contributed by atoms with Crippen LogP contribution in [0.25, 0.3) is 0 Å². The number of hydrogen-bond donors (Lipinski definition) is 1. The van der Waals surface area contributed by atoms with Crippen LogP contribution >= 0.6 is 11.3 Å². The standard InChI is InChI=1S/C11H17NO4S2/c1-16-9-4-6-12(7-5-9)18(14,15)11-3-2-10(8-13)17-11/h2-3,9,13H,4-8H2,1H3. The molecule has 5 nitrogen and oxygen atoms in total. The van der Waals surface area contributed by atoms with Gasteiger partial charge in [-0.15, -0.1) is 11.3 Å². The Kier molecular flexibility index (Phi) is 4.39. The zero-order valence-corrected chi connectivity index (χ0v) is 11.8. The molecule has 0 bridgehead atoms. The van der Waals surface area contributed by atoms with Crippen molar-refractivity contribution >= 4 is 21.4 Å². The van der Waals surface area contributed by atoms with Gasteiger partial charge in [0.15, 0.2) is 0 Å². The van der Waals surface area contributed by atoms with Gasteiger partial charge in [-0.05, 0) is 25.0 Å². The number of aliphatic hydroxyl groups is 1. The van der Waals surface area contributed by atoms with Crippen molar-refractivity contribution in [2.24, 2.45) is 0 Å². The van der Waals surface area contributed by atoms with E-state index in [1.807, 2.05) is 0 Å². The fourth-order valence-corrected chi connectivity index (χ4v) is 4.86. The maximum absolute atomic E-state index is 12.3. The van der Waals surface area contributed by atoms with Gasteiger partial charge in [0, 0.05) is 25.1 Å². The van der Waals surface area contributed by atoms with E-state index >= 15 is 0 Å². The van der Waals surface area contributed by atoms with Gasteiger partial charge < -0.3 is 9.84 Å². The van der Waals surface area contributed by atoms with E-state index in [1.165, 1.54) is 4.31 Å². The van der Waals surface area contributed by atoms with Gasteiger partial charge in [-0.1, -0.05) is 0 Å². The summed E-state index contributed by atoms with van der Waals surface area (Å²) in [6, 6.07) is 3.22. The molecule has 1 aromatic heterocycles. The number of hydrogen-bond acceptors (Lipinski definition) is 5. The van der Waals surface area contributed by atoms with Crippen LogP contribution in [0.4, 0.5) is 0 Å². The summed E-state index contributed by atoms with van der Waals surface area (Å²) in [6.45, 7) is 0.867. The van der Waals surface area contributed by atoms with Crippen LogP contribution < -0.4 is 0 Å². The van der Waals surface area contributed by atoms with E-state index in [2.05, 4.69) is 0 Å². The third-order valence-corrected chi connectivity index (χ3v) is 6.56. The Morgan fingerprint density at radius 1 is 1.44 bits per heavy atom. The van der Waals surface area contributed by atoms with Crippen molar-refractivity contribution in [3.05, 3.63) is 17.0 Å². The molecule has 18 heavy (non-hydrogen) atoms. The van der Waals surface area contributed by atoms with Crippen molar-refractivity contribution < 1.29 is 18.3 Å². The lowest BCUT2D eigenvalue weighted by Crippen LogP contribution is -2.40. The number of aliphatic hydroxyl groups excluding tert-OH is 1. The van der Waals surface area contributed by atoms with Crippen molar-refractivity contribution in [2.75, 3.05) is 20.2 Å². The van der Waals surface area contributed by atoms with Crippen molar-refractivity contribution in [1.29, 1.82) is 0 Å². The first-order valence-corrected chi connectivity index (χ1v) is 8.06. The molecule has 102 valence electrons. The first kappa shape index (κ1) is 14.0. The number of nitrogens with zero attached hydrogens (tertiary/aromatic N) is 1. The molecule has 1 aliphatic heterocycles. The second-order valence-corrected chi connectivity index (χ2v) is 7.55. The largest absolute Gasteiger partial charge is 0.391 e. The van der Waals surface area contributed by atoms with Crippen LogP contribution in [0.2, 0.25) is 0 Å². The molecule has 0 atom stereocenters. The van der Waals surface area contributed by atoms with Crippen molar-refractivity contribution in [2.45, 2.75) is 29.8 Å². The molecule has 2 heterocycles. The molecule has 0 spiro atoms. The molecule has 0 aromatic carbocycles. The quantitative estimate of drug-likeness (QED) is 0.900. The molecule has 1 aliphatic rings. The van der Waals surface area contributed by atoms with Crippen LogP contribution in [0.5, 0.6) is 0 Å². The van der Waals surface area contributed by atoms with E-state index in [0.717, 1.165) is 24.2 Å². The first-order chi connectivity index (χ1) is 8.57. The molecule has 0 saturated carbocycles. The van der Waals surface area contributed by atoms with E-state index in [-0.39, 0.29) is 12.7 Å². The van der Waals surface area contributed by atoms with E-state index < -0.39 is 10.0 Å². The maximum Gasteiger partial charge on any atom is 0.252 e. The molecular weight excluding hydrogens is 274 g/mol. The summed E-state index contributed by atoms with van der Waals surface area (Å²) in [6.07, 6.45) is 1.62. The van der Waals surface area contributed by atoms with Gasteiger partial charge in [-0.2, -0.15) is 4.31 Å². The average molecular weight is 291 g/mol. The van der Waals surface area contributed by atoms with Gasteiger partial charge in [0.05, 0.1) is 12.7 Å². The fourth-order valence-electron chi connectivity index (χ4n) is 2.02. The molecule has 0 aliphatic carbocycles.